The number of nitrogens with one attached hydrogen (secondary N) is 1. The molecule has 0 spiro atoms. The van der Waals surface area contributed by atoms with Crippen LogP contribution in [0.3, 0.4) is 0 Å². The van der Waals surface area contributed by atoms with Crippen molar-refractivity contribution in [1.82, 2.24) is 19.9 Å². The molecule has 40 heteroatoms. The summed E-state index contributed by atoms with van der Waals surface area (Å²) >= 11 is 43.3. The van der Waals surface area contributed by atoms with E-state index in [0.717, 1.165) is 55.9 Å². The maximum Gasteiger partial charge on any atom is 1.00 e. The summed E-state index contributed by atoms with van der Waals surface area (Å²) in [6, 6.07) is 22.1. The van der Waals surface area contributed by atoms with Crippen molar-refractivity contribution in [1.29, 1.82) is 0 Å². The quantitative estimate of drug-likeness (QED) is 0.0284. The summed E-state index contributed by atoms with van der Waals surface area (Å²) in [6.07, 6.45) is -1.46. The number of carbonyl (C=O) groups excluding carboxylic acids is 4. The summed E-state index contributed by atoms with van der Waals surface area (Å²) in [6.45, 7) is 12.1. The molecule has 0 aliphatic carbocycles. The van der Waals surface area contributed by atoms with Crippen LogP contribution in [0.15, 0.2) is 120 Å². The van der Waals surface area contributed by atoms with Crippen LogP contribution < -0.4 is 64.2 Å². The van der Waals surface area contributed by atoms with Crippen molar-refractivity contribution < 1.29 is 109 Å². The van der Waals surface area contributed by atoms with Crippen LogP contribution in [0, 0.1) is 0 Å². The zero-order valence-corrected chi connectivity index (χ0v) is 71.4. The first-order valence-corrected chi connectivity index (χ1v) is 40.1. The van der Waals surface area contributed by atoms with Crippen LogP contribution in [-0.4, -0.2) is 84.7 Å². The van der Waals surface area contributed by atoms with E-state index < -0.39 is 59.7 Å². The average Bonchev–Trinajstić information content (AvgIpc) is 1.65. The molecule has 0 aliphatic heterocycles. The van der Waals surface area contributed by atoms with Crippen molar-refractivity contribution in [3.63, 3.8) is 0 Å². The first-order valence-electron chi connectivity index (χ1n) is 30.4. The molecule has 0 aromatic carbocycles. The van der Waals surface area contributed by atoms with Gasteiger partial charge in [0.2, 0.25) is 0 Å². The Balaban J connectivity index is 0.000000218. The molecular weight excluding hydrogens is 1760 g/mol. The predicted molar refractivity (Wildman–Crippen MR) is 426 cm³/mol. The van der Waals surface area contributed by atoms with Crippen LogP contribution in [0.4, 0.5) is 63.5 Å². The normalized spacial score (nSPS) is 11.4. The molecule has 3 amide bonds. The zero-order chi connectivity index (χ0) is 77.8. The maximum atomic E-state index is 12.9. The van der Waals surface area contributed by atoms with Crippen molar-refractivity contribution in [2.75, 3.05) is 20.0 Å². The number of rotatable bonds is 17. The van der Waals surface area contributed by atoms with E-state index in [9.17, 15) is 45.8 Å². The van der Waals surface area contributed by atoms with Gasteiger partial charge in [-0.2, -0.15) is 26.3 Å². The number of aromatic hydroxyl groups is 1. The number of hydrogen-bond donors (Lipinski definition) is 2. The molecule has 0 radical (unpaired) electrons. The number of ether oxygens (including phenoxy) is 5. The minimum Gasteiger partial charge on any atom is -0.543 e. The van der Waals surface area contributed by atoms with E-state index in [-0.39, 0.29) is 81.8 Å². The van der Waals surface area contributed by atoms with Gasteiger partial charge >= 0.3 is 66.4 Å². The first-order chi connectivity index (χ1) is 49.7. The smallest absolute Gasteiger partial charge is 0.543 e. The van der Waals surface area contributed by atoms with E-state index >= 15 is 0 Å². The molecule has 12 rings (SSSR count). The van der Waals surface area contributed by atoms with Crippen LogP contribution in [0.25, 0.3) is 40.9 Å². The Kier molecular flexibility index (Phi) is 33.8. The van der Waals surface area contributed by atoms with E-state index in [1.165, 1.54) is 72.0 Å². The van der Waals surface area contributed by atoms with Crippen molar-refractivity contribution in [2.24, 2.45) is 0 Å². The number of carbonyl (C=O) groups is 4. The summed E-state index contributed by atoms with van der Waals surface area (Å²) < 4.78 is 101. The molecule has 2 N–H and O–H groups in total. The monoisotopic (exact) mass is 1810 g/mol. The molecule has 12 aromatic heterocycles. The number of amides is 3. The Morgan fingerprint density at radius 3 is 1.19 bits per heavy atom. The average molecular weight is 1820 g/mol. The second kappa shape index (κ2) is 40.1. The van der Waals surface area contributed by atoms with Gasteiger partial charge in [-0.1, -0.05) is 78.1 Å². The molecule has 0 saturated carbocycles. The molecule has 574 valence electrons. The molecule has 0 aliphatic rings. The van der Waals surface area contributed by atoms with Gasteiger partial charge in [-0.25, -0.2) is 34.3 Å². The van der Waals surface area contributed by atoms with Gasteiger partial charge in [0.1, 0.15) is 59.9 Å². The second-order valence-corrected chi connectivity index (χ2v) is 34.9. The number of aliphatic carboxylic acids is 1. The number of halogens is 12. The van der Waals surface area contributed by atoms with Crippen molar-refractivity contribution in [2.45, 2.75) is 131 Å². The fraction of sp³-hybridized carbons (Fsp3) is 0.294. The molecule has 12 heterocycles. The van der Waals surface area contributed by atoms with Crippen LogP contribution in [0.2, 0.25) is 20.6 Å². The van der Waals surface area contributed by atoms with E-state index in [1.807, 2.05) is 117 Å². The third kappa shape index (κ3) is 26.7. The second-order valence-electron chi connectivity index (χ2n) is 24.4. The van der Waals surface area contributed by atoms with Crippen LogP contribution >= 0.6 is 165 Å². The number of aromatic nitrogens is 4. The minimum absolute atomic E-state index is 0. The molecule has 12 aromatic rings. The molecule has 108 heavy (non-hydrogen) atoms. The largest absolute Gasteiger partial charge is 1.00 e. The Bertz CT molecular complexity index is 4800. The van der Waals surface area contributed by atoms with Crippen molar-refractivity contribution in [3.05, 3.63) is 160 Å². The van der Waals surface area contributed by atoms with E-state index in [1.54, 1.807) is 83.3 Å². The minimum atomic E-state index is -4.22. The number of anilines is 4. The number of carboxylic acid groups (broad SMARTS) is 1. The molecule has 0 unspecified atom stereocenters. The van der Waals surface area contributed by atoms with Crippen molar-refractivity contribution >= 4 is 252 Å². The van der Waals surface area contributed by atoms with Gasteiger partial charge in [-0.05, 0) is 136 Å². The van der Waals surface area contributed by atoms with E-state index in [2.05, 4.69) is 62.3 Å². The SMILES string of the molecule is C.CC(C)(C)OC(=O)N(Cc1cccs1)c1cc(Cl)nc2c(Br)csc12.CC(C)(C)OC(=O)N(Cc1cccs1)c1cc(Cl)nc2c(O)csc12.CC(C)(C)OC(=O)N(Cc1cccs1)c1cc(Cl)nc2c(OC(F)F)csc12.FC(F)Oc1csc2c(NCc3cccs3)cc(Cl)nc12.O=C([O-])C(F)(F)Cl.[Na+]. The Morgan fingerprint density at radius 1 is 0.519 bits per heavy atom. The fourth-order valence-electron chi connectivity index (χ4n) is 8.84. The summed E-state index contributed by atoms with van der Waals surface area (Å²) in [5, 5.41) is 33.1. The Labute approximate surface area is 703 Å². The third-order valence-electron chi connectivity index (χ3n) is 12.9. The summed E-state index contributed by atoms with van der Waals surface area (Å²) in [5.74, 6) is -2.57. The maximum absolute atomic E-state index is 12.9. The number of pyridine rings is 4. The molecule has 19 nitrogen and oxygen atoms in total. The number of thiophene rings is 8. The van der Waals surface area contributed by atoms with Gasteiger partial charge in [0.05, 0.1) is 71.2 Å². The molecule has 0 fully saturated rings. The van der Waals surface area contributed by atoms with Gasteiger partial charge in [-0.15, -0.1) is 90.7 Å². The summed E-state index contributed by atoms with van der Waals surface area (Å²) in [5.41, 5.74) is 2.18. The Hall–Kier alpha value is -5.77. The molecular formula is C68H63BrCl5F6N8NaO11S8. The van der Waals surface area contributed by atoms with E-state index in [0.29, 0.717) is 62.3 Å². The molecule has 0 saturated heterocycles. The number of fused-ring (bicyclic) bond motifs is 4. The summed E-state index contributed by atoms with van der Waals surface area (Å²) in [4.78, 5) is 73.1. The van der Waals surface area contributed by atoms with Gasteiger partial charge in [0.25, 0.3) is 0 Å². The van der Waals surface area contributed by atoms with Crippen molar-refractivity contribution in [3.8, 4) is 17.2 Å². The van der Waals surface area contributed by atoms with Crippen LogP contribution in [0.1, 0.15) is 89.2 Å². The standard InChI is InChI=1S/C18H17ClF2N2O3S2.C17H16BrClN2O2S2.C17H17ClN2O3S2.C13H9ClF2N2OS2.C2HClF2O2.CH4.Na/c1-18(2,3)26-17(24)23(8-10-5-4-6-27-10)11-7-13(19)22-14-12(25-16(20)21)9-28-15(11)14;1-17(2,3)23-16(22)21(8-10-5-4-6-24-10)12-7-13(19)20-14-11(18)9-25-15(12)14;1-17(2,3)23-16(22)20(8-10-5-4-6-24-10)11-7-13(18)19-14-12(21)9-25-15(11)14;14-10-4-8(17-5-7-2-1-3-20-7)12-11(18-10)9(6-21-12)19-13(15)16;3-2(4,5)1(6)7;;/h4-7,9,16H,8H2,1-3H3;4-7,9H,8H2,1-3H3;4-7,9,21H,8H2,1-3H3;1-4,6,13H,5H2,(H,17,18);(H,6,7);1H4;/q;;;;;;+1/p-1. The van der Waals surface area contributed by atoms with Gasteiger partial charge in [-0.3, -0.25) is 14.7 Å². The topological polar surface area (TPSA) is 231 Å². The zero-order valence-electron chi connectivity index (χ0n) is 57.5. The fourth-order valence-corrected chi connectivity index (χ4v) is 16.6. The number of hydrogen-bond acceptors (Lipinski definition) is 24. The van der Waals surface area contributed by atoms with Crippen LogP contribution in [-0.2, 0) is 45.2 Å². The number of alkyl halides is 7. The molecule has 0 atom stereocenters. The van der Waals surface area contributed by atoms with Gasteiger partial charge < -0.3 is 44.0 Å². The Morgan fingerprint density at radius 2 is 0.833 bits per heavy atom. The summed E-state index contributed by atoms with van der Waals surface area (Å²) in [7, 11) is 0. The number of carboxylic acids is 1. The predicted octanol–water partition coefficient (Wildman–Crippen LogP) is 21.4. The van der Waals surface area contributed by atoms with E-state index in [4.69, 9.17) is 70.5 Å². The number of nitrogens with zero attached hydrogens (tertiary/aromatic N) is 7. The van der Waals surface area contributed by atoms with Crippen LogP contribution in [0.5, 0.6) is 17.2 Å². The van der Waals surface area contributed by atoms with Gasteiger partial charge in [0.15, 0.2) is 17.2 Å². The van der Waals surface area contributed by atoms with Gasteiger partial charge in [0, 0.05) is 71.8 Å². The first kappa shape index (κ1) is 91.1. The third-order valence-corrected chi connectivity index (χ3v) is 22.1. The molecule has 0 bridgehead atoms.